The van der Waals surface area contributed by atoms with Gasteiger partial charge in [0.25, 0.3) is 0 Å². The highest BCUT2D eigenvalue weighted by atomic mass is 16.6. The van der Waals surface area contributed by atoms with E-state index in [1.807, 2.05) is 0 Å². The first kappa shape index (κ1) is 12.8. The molecule has 1 saturated carbocycles. The van der Waals surface area contributed by atoms with E-state index in [0.29, 0.717) is 32.4 Å². The second kappa shape index (κ2) is 4.91. The Bertz CT molecular complexity index is 376. The van der Waals surface area contributed by atoms with Crippen LogP contribution < -0.4 is 5.32 Å². The van der Waals surface area contributed by atoms with Crippen molar-refractivity contribution in [3.63, 3.8) is 0 Å². The number of hydrogen-bond acceptors (Lipinski definition) is 4. The van der Waals surface area contributed by atoms with Gasteiger partial charge in [0.05, 0.1) is 0 Å². The Hall–Kier alpha value is -1.66. The van der Waals surface area contributed by atoms with Crippen LogP contribution in [0.15, 0.2) is 0 Å². The van der Waals surface area contributed by atoms with Crippen molar-refractivity contribution >= 4 is 11.8 Å². The fraction of sp³-hybridized carbons (Fsp3) is 0.818. The largest absolute Gasteiger partial charge is 0.359 e. The Morgan fingerprint density at radius 2 is 1.94 bits per heavy atom. The molecule has 0 aromatic carbocycles. The molecule has 2 aliphatic rings. The maximum absolute atomic E-state index is 11.9. The average Bonchev–Trinajstić information content (AvgIpc) is 3.17. The molecule has 1 aliphatic carbocycles. The normalized spacial score (nSPS) is 27.7. The molecule has 0 aromatic heterocycles. The van der Waals surface area contributed by atoms with E-state index < -0.39 is 12.0 Å². The van der Waals surface area contributed by atoms with Gasteiger partial charge in [0.15, 0.2) is 0 Å². The van der Waals surface area contributed by atoms with Crippen LogP contribution in [0.3, 0.4) is 0 Å². The second-order valence-electron chi connectivity index (χ2n) is 4.91. The molecule has 2 amide bonds. The van der Waals surface area contributed by atoms with Crippen molar-refractivity contribution in [3.05, 3.63) is 10.1 Å². The first-order valence-corrected chi connectivity index (χ1v) is 6.18. The van der Waals surface area contributed by atoms with E-state index in [1.54, 1.807) is 11.9 Å². The molecule has 18 heavy (non-hydrogen) atoms. The lowest BCUT2D eigenvalue weighted by Crippen LogP contribution is -2.43. The van der Waals surface area contributed by atoms with Crippen LogP contribution in [-0.2, 0) is 9.59 Å². The highest BCUT2D eigenvalue weighted by Gasteiger charge is 2.54. The van der Waals surface area contributed by atoms with E-state index in [4.69, 9.17) is 0 Å². The number of piperidine rings is 1. The minimum atomic E-state index is -0.686. The summed E-state index contributed by atoms with van der Waals surface area (Å²) in [6.07, 6.45) is 1.64. The summed E-state index contributed by atoms with van der Waals surface area (Å²) in [5, 5.41) is 13.1. The number of carbonyl (C=O) groups excluding carboxylic acids is 2. The third kappa shape index (κ3) is 2.44. The number of amides is 2. The Balaban J connectivity index is 1.82. The zero-order valence-electron chi connectivity index (χ0n) is 10.3. The molecule has 0 spiro atoms. The molecule has 0 unspecified atom stereocenters. The first-order chi connectivity index (χ1) is 8.54. The lowest BCUT2D eigenvalue weighted by molar-refractivity contribution is -0.497. The van der Waals surface area contributed by atoms with Gasteiger partial charge in [-0.1, -0.05) is 0 Å². The summed E-state index contributed by atoms with van der Waals surface area (Å²) in [5.41, 5.74) is 0. The predicted molar refractivity (Wildman–Crippen MR) is 62.3 cm³/mol. The summed E-state index contributed by atoms with van der Waals surface area (Å²) >= 11 is 0. The van der Waals surface area contributed by atoms with E-state index in [-0.39, 0.29) is 22.7 Å². The Morgan fingerprint density at radius 3 is 2.39 bits per heavy atom. The van der Waals surface area contributed by atoms with Crippen LogP contribution >= 0.6 is 0 Å². The molecular formula is C11H17N3O4. The number of carbonyl (C=O) groups is 2. The van der Waals surface area contributed by atoms with Gasteiger partial charge in [-0.3, -0.25) is 19.7 Å². The van der Waals surface area contributed by atoms with Crippen LogP contribution in [0.5, 0.6) is 0 Å². The summed E-state index contributed by atoms with van der Waals surface area (Å²) in [7, 11) is 1.60. The topological polar surface area (TPSA) is 92.6 Å². The quantitative estimate of drug-likeness (QED) is 0.550. The monoisotopic (exact) mass is 255 g/mol. The van der Waals surface area contributed by atoms with Crippen molar-refractivity contribution in [3.8, 4) is 0 Å². The predicted octanol–water partition coefficient (Wildman–Crippen LogP) is -0.364. The molecule has 1 saturated heterocycles. The highest BCUT2D eigenvalue weighted by Crippen LogP contribution is 2.35. The van der Waals surface area contributed by atoms with Gasteiger partial charge in [0, 0.05) is 37.4 Å². The number of hydrogen-bond donors (Lipinski definition) is 1. The number of likely N-dealkylation sites (tertiary alicyclic amines) is 1. The van der Waals surface area contributed by atoms with Crippen molar-refractivity contribution in [2.45, 2.75) is 25.3 Å². The zero-order valence-corrected chi connectivity index (χ0v) is 10.3. The second-order valence-corrected chi connectivity index (χ2v) is 4.91. The van der Waals surface area contributed by atoms with Crippen molar-refractivity contribution in [1.29, 1.82) is 0 Å². The van der Waals surface area contributed by atoms with Gasteiger partial charge in [0.1, 0.15) is 5.92 Å². The summed E-state index contributed by atoms with van der Waals surface area (Å²) < 4.78 is 0. The van der Waals surface area contributed by atoms with Crippen LogP contribution in [0.25, 0.3) is 0 Å². The summed E-state index contributed by atoms with van der Waals surface area (Å²) in [4.78, 5) is 35.2. The SMILES string of the molecule is CNC(=O)C1CCN(C(=O)[C@H]2C[C@H]2[N+](=O)[O-])CC1. The number of nitrogens with one attached hydrogen (secondary N) is 1. The molecule has 0 bridgehead atoms. The maximum Gasteiger partial charge on any atom is 0.232 e. The molecule has 0 aromatic rings. The van der Waals surface area contributed by atoms with Gasteiger partial charge in [-0.2, -0.15) is 0 Å². The number of nitrogens with zero attached hydrogens (tertiary/aromatic N) is 2. The molecule has 7 heteroatoms. The van der Waals surface area contributed by atoms with Crippen molar-refractivity contribution in [2.24, 2.45) is 11.8 Å². The summed E-state index contributed by atoms with van der Waals surface area (Å²) in [6, 6.07) is -0.686. The van der Waals surface area contributed by atoms with Gasteiger partial charge in [-0.25, -0.2) is 0 Å². The van der Waals surface area contributed by atoms with Crippen molar-refractivity contribution < 1.29 is 14.5 Å². The Kier molecular flexibility index (Phi) is 3.49. The van der Waals surface area contributed by atoms with E-state index in [2.05, 4.69) is 5.32 Å². The van der Waals surface area contributed by atoms with E-state index >= 15 is 0 Å². The molecule has 1 N–H and O–H groups in total. The van der Waals surface area contributed by atoms with Crippen LogP contribution in [0.1, 0.15) is 19.3 Å². The third-order valence-corrected chi connectivity index (χ3v) is 3.77. The van der Waals surface area contributed by atoms with Crippen LogP contribution in [0.2, 0.25) is 0 Å². The number of rotatable bonds is 3. The molecule has 1 aliphatic heterocycles. The average molecular weight is 255 g/mol. The fourth-order valence-corrected chi connectivity index (χ4v) is 2.48. The lowest BCUT2D eigenvalue weighted by atomic mass is 9.96. The highest BCUT2D eigenvalue weighted by molar-refractivity contribution is 5.83. The molecule has 1 heterocycles. The molecule has 0 radical (unpaired) electrons. The molecular weight excluding hydrogens is 238 g/mol. The fourth-order valence-electron chi connectivity index (χ4n) is 2.48. The smallest absolute Gasteiger partial charge is 0.232 e. The van der Waals surface area contributed by atoms with E-state index in [9.17, 15) is 19.7 Å². The van der Waals surface area contributed by atoms with Crippen LogP contribution in [0.4, 0.5) is 0 Å². The van der Waals surface area contributed by atoms with Gasteiger partial charge < -0.3 is 10.2 Å². The van der Waals surface area contributed by atoms with Gasteiger partial charge in [0.2, 0.25) is 17.9 Å². The minimum absolute atomic E-state index is 0.0108. The van der Waals surface area contributed by atoms with Crippen LogP contribution in [-0.4, -0.2) is 47.8 Å². The van der Waals surface area contributed by atoms with E-state index in [1.165, 1.54) is 0 Å². The summed E-state index contributed by atoms with van der Waals surface area (Å²) in [5.74, 6) is -0.579. The maximum atomic E-state index is 11.9. The van der Waals surface area contributed by atoms with Gasteiger partial charge in [-0.05, 0) is 12.8 Å². The Morgan fingerprint density at radius 1 is 1.33 bits per heavy atom. The first-order valence-electron chi connectivity index (χ1n) is 6.18. The van der Waals surface area contributed by atoms with E-state index in [0.717, 1.165) is 0 Å². The molecule has 7 nitrogen and oxygen atoms in total. The van der Waals surface area contributed by atoms with Crippen molar-refractivity contribution in [2.75, 3.05) is 20.1 Å². The lowest BCUT2D eigenvalue weighted by Gasteiger charge is -2.31. The molecule has 2 rings (SSSR count). The van der Waals surface area contributed by atoms with Gasteiger partial charge >= 0.3 is 0 Å². The zero-order chi connectivity index (χ0) is 13.3. The summed E-state index contributed by atoms with van der Waals surface area (Å²) in [6.45, 7) is 1.05. The van der Waals surface area contributed by atoms with Crippen molar-refractivity contribution in [1.82, 2.24) is 10.2 Å². The molecule has 100 valence electrons. The minimum Gasteiger partial charge on any atom is -0.359 e. The third-order valence-electron chi connectivity index (χ3n) is 3.77. The molecule has 2 atom stereocenters. The molecule has 2 fully saturated rings. The van der Waals surface area contributed by atoms with Gasteiger partial charge in [-0.15, -0.1) is 0 Å². The Labute approximate surface area is 105 Å². The number of nitro groups is 1. The standard InChI is InChI=1S/C11H17N3O4/c1-12-10(15)7-2-4-13(5-3-7)11(16)8-6-9(8)14(17)18/h7-9H,2-6H2,1H3,(H,12,15)/t8-,9+/m0/s1. The van der Waals surface area contributed by atoms with Crippen LogP contribution in [0, 0.1) is 22.0 Å².